The number of amides is 1. The molecular formula is C20H19FN4O2. The summed E-state index contributed by atoms with van der Waals surface area (Å²) in [6.07, 6.45) is 0. The molecule has 0 aliphatic carbocycles. The molecule has 1 heterocycles. The summed E-state index contributed by atoms with van der Waals surface area (Å²) in [5, 5.41) is 5.73. The third-order valence-corrected chi connectivity index (χ3v) is 3.84. The molecule has 0 atom stereocenters. The van der Waals surface area contributed by atoms with Crippen LogP contribution in [-0.2, 0) is 6.54 Å². The number of carbonyl (C=O) groups is 1. The third kappa shape index (κ3) is 4.58. The molecule has 1 amide bonds. The van der Waals surface area contributed by atoms with Gasteiger partial charge < -0.3 is 15.4 Å². The molecule has 27 heavy (non-hydrogen) atoms. The number of para-hydroxylation sites is 2. The quantitative estimate of drug-likeness (QED) is 0.697. The fraction of sp³-hybridized carbons (Fsp3) is 0.150. The second-order valence-corrected chi connectivity index (χ2v) is 5.82. The van der Waals surface area contributed by atoms with Gasteiger partial charge in [0.2, 0.25) is 5.95 Å². The van der Waals surface area contributed by atoms with Crippen molar-refractivity contribution in [3.63, 3.8) is 0 Å². The number of ether oxygens (including phenoxy) is 1. The third-order valence-electron chi connectivity index (χ3n) is 3.84. The Morgan fingerprint density at radius 2 is 1.85 bits per heavy atom. The van der Waals surface area contributed by atoms with Crippen LogP contribution in [0.4, 0.5) is 16.0 Å². The number of hydrogen-bond acceptors (Lipinski definition) is 5. The number of nitrogens with one attached hydrogen (secondary N) is 2. The normalized spacial score (nSPS) is 10.3. The predicted molar refractivity (Wildman–Crippen MR) is 101 cm³/mol. The molecule has 0 fully saturated rings. The van der Waals surface area contributed by atoms with Crippen LogP contribution < -0.4 is 15.4 Å². The van der Waals surface area contributed by atoms with Crippen molar-refractivity contribution >= 4 is 17.5 Å². The zero-order valence-corrected chi connectivity index (χ0v) is 15.0. The van der Waals surface area contributed by atoms with Gasteiger partial charge in [0.05, 0.1) is 12.8 Å². The molecule has 0 aliphatic heterocycles. The second kappa shape index (κ2) is 8.27. The first-order valence-corrected chi connectivity index (χ1v) is 8.34. The summed E-state index contributed by atoms with van der Waals surface area (Å²) >= 11 is 0. The van der Waals surface area contributed by atoms with Gasteiger partial charge in [0, 0.05) is 17.8 Å². The van der Waals surface area contributed by atoms with Crippen LogP contribution in [0.5, 0.6) is 5.75 Å². The number of methoxy groups -OCH3 is 1. The molecule has 3 aromatic rings. The van der Waals surface area contributed by atoms with Crippen molar-refractivity contribution in [2.24, 2.45) is 0 Å². The van der Waals surface area contributed by atoms with Gasteiger partial charge in [0.25, 0.3) is 5.91 Å². The zero-order chi connectivity index (χ0) is 19.2. The van der Waals surface area contributed by atoms with Gasteiger partial charge >= 0.3 is 0 Å². The molecule has 0 saturated carbocycles. The van der Waals surface area contributed by atoms with E-state index < -0.39 is 5.91 Å². The highest BCUT2D eigenvalue weighted by atomic mass is 19.1. The minimum Gasteiger partial charge on any atom is -0.495 e. The van der Waals surface area contributed by atoms with E-state index in [2.05, 4.69) is 20.6 Å². The second-order valence-electron chi connectivity index (χ2n) is 5.82. The Morgan fingerprint density at radius 3 is 2.63 bits per heavy atom. The Balaban J connectivity index is 1.76. The van der Waals surface area contributed by atoms with Crippen LogP contribution in [0.15, 0.2) is 54.6 Å². The maximum absolute atomic E-state index is 13.7. The average Bonchev–Trinajstić information content (AvgIpc) is 2.67. The van der Waals surface area contributed by atoms with Crippen molar-refractivity contribution in [3.8, 4) is 5.75 Å². The molecule has 138 valence electrons. The summed E-state index contributed by atoms with van der Waals surface area (Å²) in [7, 11) is 1.57. The van der Waals surface area contributed by atoms with Crippen molar-refractivity contribution < 1.29 is 13.9 Å². The number of aromatic nitrogens is 2. The number of anilines is 2. The molecule has 1 aromatic heterocycles. The van der Waals surface area contributed by atoms with Crippen molar-refractivity contribution in [1.29, 1.82) is 0 Å². The number of rotatable bonds is 6. The number of benzene rings is 2. The van der Waals surface area contributed by atoms with Gasteiger partial charge in [-0.3, -0.25) is 4.79 Å². The lowest BCUT2D eigenvalue weighted by Gasteiger charge is -2.11. The Bertz CT molecular complexity index is 962. The molecule has 0 unspecified atom stereocenters. The van der Waals surface area contributed by atoms with Gasteiger partial charge in [-0.1, -0.05) is 30.3 Å². The Hall–Kier alpha value is -3.48. The topological polar surface area (TPSA) is 76.1 Å². The monoisotopic (exact) mass is 366 g/mol. The highest BCUT2D eigenvalue weighted by Crippen LogP contribution is 2.25. The van der Waals surface area contributed by atoms with Gasteiger partial charge in [0.1, 0.15) is 17.3 Å². The largest absolute Gasteiger partial charge is 0.495 e. The molecule has 2 N–H and O–H groups in total. The highest BCUT2D eigenvalue weighted by Gasteiger charge is 2.12. The predicted octanol–water partition coefficient (Wildman–Crippen LogP) is 3.61. The van der Waals surface area contributed by atoms with E-state index in [9.17, 15) is 9.18 Å². The van der Waals surface area contributed by atoms with E-state index in [0.29, 0.717) is 22.7 Å². The van der Waals surface area contributed by atoms with E-state index in [1.807, 2.05) is 18.2 Å². The lowest BCUT2D eigenvalue weighted by molar-refractivity contribution is 0.0945. The number of nitrogens with zero attached hydrogens (tertiary/aromatic N) is 2. The summed E-state index contributed by atoms with van der Waals surface area (Å²) in [6, 6.07) is 15.2. The summed E-state index contributed by atoms with van der Waals surface area (Å²) in [5.74, 6) is 0.130. The maximum Gasteiger partial charge on any atom is 0.270 e. The van der Waals surface area contributed by atoms with Gasteiger partial charge in [-0.05, 0) is 31.2 Å². The van der Waals surface area contributed by atoms with E-state index in [-0.39, 0.29) is 24.0 Å². The Kier molecular flexibility index (Phi) is 5.61. The van der Waals surface area contributed by atoms with Crippen LogP contribution in [0.25, 0.3) is 0 Å². The number of halogens is 1. The highest BCUT2D eigenvalue weighted by molar-refractivity contribution is 5.92. The molecule has 2 aromatic carbocycles. The first kappa shape index (κ1) is 18.3. The van der Waals surface area contributed by atoms with Gasteiger partial charge in [-0.25, -0.2) is 14.4 Å². The molecule has 0 radical (unpaired) electrons. The van der Waals surface area contributed by atoms with E-state index in [0.717, 1.165) is 0 Å². The van der Waals surface area contributed by atoms with E-state index in [1.165, 1.54) is 6.07 Å². The smallest absolute Gasteiger partial charge is 0.270 e. The summed E-state index contributed by atoms with van der Waals surface area (Å²) in [6.45, 7) is 1.84. The van der Waals surface area contributed by atoms with E-state index in [1.54, 1.807) is 44.4 Å². The average molecular weight is 366 g/mol. The van der Waals surface area contributed by atoms with Crippen molar-refractivity contribution in [3.05, 3.63) is 77.4 Å². The van der Waals surface area contributed by atoms with Crippen molar-refractivity contribution in [2.45, 2.75) is 13.5 Å². The first-order valence-electron chi connectivity index (χ1n) is 8.34. The van der Waals surface area contributed by atoms with Crippen LogP contribution >= 0.6 is 0 Å². The van der Waals surface area contributed by atoms with E-state index >= 15 is 0 Å². The molecule has 0 aliphatic rings. The Morgan fingerprint density at radius 1 is 1.11 bits per heavy atom. The molecule has 0 saturated heterocycles. The fourth-order valence-corrected chi connectivity index (χ4v) is 2.52. The zero-order valence-electron chi connectivity index (χ0n) is 15.0. The summed E-state index contributed by atoms with van der Waals surface area (Å²) in [4.78, 5) is 21.0. The van der Waals surface area contributed by atoms with Gasteiger partial charge in [-0.2, -0.15) is 0 Å². The van der Waals surface area contributed by atoms with Crippen LogP contribution in [0, 0.1) is 12.7 Å². The van der Waals surface area contributed by atoms with Crippen molar-refractivity contribution in [1.82, 2.24) is 15.3 Å². The lowest BCUT2D eigenvalue weighted by Crippen LogP contribution is -2.25. The number of carbonyl (C=O) groups excluding carboxylic acids is 1. The van der Waals surface area contributed by atoms with Crippen LogP contribution in [-0.4, -0.2) is 23.0 Å². The molecular weight excluding hydrogens is 347 g/mol. The van der Waals surface area contributed by atoms with E-state index in [4.69, 9.17) is 4.74 Å². The Labute approximate surface area is 156 Å². The van der Waals surface area contributed by atoms with Crippen molar-refractivity contribution in [2.75, 3.05) is 12.4 Å². The molecule has 0 spiro atoms. The van der Waals surface area contributed by atoms with Crippen LogP contribution in [0.1, 0.15) is 21.7 Å². The SMILES string of the molecule is COc1ccccc1Nc1nc(C)cc(C(=O)NCc2ccccc2F)n1. The molecule has 6 nitrogen and oxygen atoms in total. The number of hydrogen-bond donors (Lipinski definition) is 2. The minimum absolute atomic E-state index is 0.0732. The minimum atomic E-state index is -0.410. The first-order chi connectivity index (χ1) is 13.1. The lowest BCUT2D eigenvalue weighted by atomic mass is 10.2. The van der Waals surface area contributed by atoms with Gasteiger partial charge in [0.15, 0.2) is 0 Å². The fourth-order valence-electron chi connectivity index (χ4n) is 2.52. The van der Waals surface area contributed by atoms with Crippen LogP contribution in [0.3, 0.4) is 0 Å². The standard InChI is InChI=1S/C20H19FN4O2/c1-13-11-17(19(26)22-12-14-7-3-4-8-15(14)21)25-20(23-13)24-16-9-5-6-10-18(16)27-2/h3-11H,12H2,1-2H3,(H,22,26)(H,23,24,25). The van der Waals surface area contributed by atoms with Gasteiger partial charge in [-0.15, -0.1) is 0 Å². The summed E-state index contributed by atoms with van der Waals surface area (Å²) < 4.78 is 19.0. The molecule has 7 heteroatoms. The summed E-state index contributed by atoms with van der Waals surface area (Å²) in [5.41, 5.74) is 1.90. The maximum atomic E-state index is 13.7. The van der Waals surface area contributed by atoms with Crippen LogP contribution in [0.2, 0.25) is 0 Å². The molecule has 3 rings (SSSR count). The molecule has 0 bridgehead atoms. The number of aryl methyl sites for hydroxylation is 1.